The number of benzene rings is 1. The molecular formula is C13H15F3N2. The number of aromatic nitrogens is 1. The van der Waals surface area contributed by atoms with Gasteiger partial charge in [0, 0.05) is 24.5 Å². The van der Waals surface area contributed by atoms with Gasteiger partial charge in [0.15, 0.2) is 0 Å². The molecule has 5 heteroatoms. The zero-order valence-electron chi connectivity index (χ0n) is 10.5. The lowest BCUT2D eigenvalue weighted by molar-refractivity contribution is -0.143. The van der Waals surface area contributed by atoms with Gasteiger partial charge in [-0.3, -0.25) is 0 Å². The van der Waals surface area contributed by atoms with Crippen LogP contribution in [0.1, 0.15) is 22.4 Å². The van der Waals surface area contributed by atoms with Crippen LogP contribution in [-0.2, 0) is 19.8 Å². The van der Waals surface area contributed by atoms with Gasteiger partial charge in [0.25, 0.3) is 0 Å². The van der Waals surface area contributed by atoms with E-state index in [4.69, 9.17) is 5.73 Å². The molecule has 98 valence electrons. The minimum Gasteiger partial charge on any atom is -0.340 e. The summed E-state index contributed by atoms with van der Waals surface area (Å²) in [6, 6.07) is 3.64. The van der Waals surface area contributed by atoms with Crippen LogP contribution < -0.4 is 5.73 Å². The first-order valence-electron chi connectivity index (χ1n) is 5.63. The Kier molecular flexibility index (Phi) is 2.89. The van der Waals surface area contributed by atoms with Gasteiger partial charge < -0.3 is 10.3 Å². The van der Waals surface area contributed by atoms with Crippen molar-refractivity contribution >= 4 is 10.9 Å². The number of halogens is 3. The molecule has 18 heavy (non-hydrogen) atoms. The number of aryl methyl sites for hydroxylation is 3. The molecule has 0 amide bonds. The van der Waals surface area contributed by atoms with Gasteiger partial charge >= 0.3 is 6.18 Å². The summed E-state index contributed by atoms with van der Waals surface area (Å²) in [5.41, 5.74) is 7.42. The van der Waals surface area contributed by atoms with Crippen molar-refractivity contribution in [1.82, 2.24) is 4.57 Å². The van der Waals surface area contributed by atoms with E-state index in [0.717, 1.165) is 11.1 Å². The van der Waals surface area contributed by atoms with Gasteiger partial charge in [-0.25, -0.2) is 0 Å². The molecule has 0 aliphatic carbocycles. The van der Waals surface area contributed by atoms with E-state index in [1.807, 2.05) is 19.9 Å². The predicted molar refractivity (Wildman–Crippen MR) is 65.3 cm³/mol. The first-order valence-corrected chi connectivity index (χ1v) is 5.63. The number of nitrogens with zero attached hydrogens (tertiary/aromatic N) is 1. The standard InChI is InChI=1S/C13H15F3N2/c1-7-4-8(2)11-9(5-7)10(6-17)12(18(11)3)13(14,15)16/h4-5H,6,17H2,1-3H3. The fraction of sp³-hybridized carbons (Fsp3) is 0.385. The van der Waals surface area contributed by atoms with Crippen LogP contribution in [-0.4, -0.2) is 4.57 Å². The van der Waals surface area contributed by atoms with E-state index < -0.39 is 11.9 Å². The molecule has 2 aromatic rings. The van der Waals surface area contributed by atoms with Gasteiger partial charge in [-0.05, 0) is 25.5 Å². The maximum atomic E-state index is 13.1. The molecule has 0 radical (unpaired) electrons. The van der Waals surface area contributed by atoms with E-state index in [9.17, 15) is 13.2 Å². The Bertz CT molecular complexity index is 609. The molecule has 0 unspecified atom stereocenters. The van der Waals surface area contributed by atoms with Crippen LogP contribution in [0.3, 0.4) is 0 Å². The summed E-state index contributed by atoms with van der Waals surface area (Å²) in [7, 11) is 1.44. The summed E-state index contributed by atoms with van der Waals surface area (Å²) in [5, 5.41) is 0.602. The minimum atomic E-state index is -4.39. The molecule has 0 spiro atoms. The molecule has 0 fully saturated rings. The minimum absolute atomic E-state index is 0.116. The van der Waals surface area contributed by atoms with Crippen molar-refractivity contribution < 1.29 is 13.2 Å². The Labute approximate surface area is 103 Å². The van der Waals surface area contributed by atoms with Gasteiger partial charge in [0.05, 0.1) is 5.52 Å². The molecule has 0 aliphatic heterocycles. The van der Waals surface area contributed by atoms with Crippen molar-refractivity contribution in [3.8, 4) is 0 Å². The van der Waals surface area contributed by atoms with Gasteiger partial charge in [0.1, 0.15) is 5.69 Å². The molecule has 2 N–H and O–H groups in total. The van der Waals surface area contributed by atoms with E-state index in [0.29, 0.717) is 10.9 Å². The second-order valence-electron chi connectivity index (χ2n) is 4.57. The zero-order valence-corrected chi connectivity index (χ0v) is 10.5. The van der Waals surface area contributed by atoms with E-state index in [1.165, 1.54) is 11.6 Å². The normalized spacial score (nSPS) is 12.4. The average Bonchev–Trinajstić information content (AvgIpc) is 2.50. The second-order valence-corrected chi connectivity index (χ2v) is 4.57. The van der Waals surface area contributed by atoms with Crippen LogP contribution in [0.25, 0.3) is 10.9 Å². The number of hydrogen-bond donors (Lipinski definition) is 1. The molecule has 0 atom stereocenters. The molecular weight excluding hydrogens is 241 g/mol. The van der Waals surface area contributed by atoms with Gasteiger partial charge in [0.2, 0.25) is 0 Å². The maximum absolute atomic E-state index is 13.1. The number of hydrogen-bond acceptors (Lipinski definition) is 1. The third kappa shape index (κ3) is 1.79. The molecule has 0 saturated heterocycles. The molecule has 0 saturated carbocycles. The fourth-order valence-electron chi connectivity index (χ4n) is 2.64. The van der Waals surface area contributed by atoms with Crippen molar-refractivity contribution in [1.29, 1.82) is 0 Å². The number of nitrogens with two attached hydrogens (primary N) is 1. The van der Waals surface area contributed by atoms with Crippen LogP contribution in [0.4, 0.5) is 13.2 Å². The Hall–Kier alpha value is -1.49. The van der Waals surface area contributed by atoms with Gasteiger partial charge in [-0.1, -0.05) is 11.6 Å². The monoisotopic (exact) mass is 256 g/mol. The van der Waals surface area contributed by atoms with Crippen LogP contribution in [0.15, 0.2) is 12.1 Å². The van der Waals surface area contributed by atoms with Crippen LogP contribution >= 0.6 is 0 Å². The smallest absolute Gasteiger partial charge is 0.340 e. The third-order valence-electron chi connectivity index (χ3n) is 3.20. The summed E-state index contributed by atoms with van der Waals surface area (Å²) in [6.07, 6.45) is -4.39. The molecule has 2 nitrogen and oxygen atoms in total. The van der Waals surface area contributed by atoms with E-state index in [1.54, 1.807) is 6.07 Å². The first-order chi connectivity index (χ1) is 8.27. The SMILES string of the molecule is Cc1cc(C)c2c(c1)c(CN)c(C(F)(F)F)n2C. The second kappa shape index (κ2) is 4.02. The number of alkyl halides is 3. The quantitative estimate of drug-likeness (QED) is 0.834. The Morgan fingerprint density at radius 1 is 1.22 bits per heavy atom. The summed E-state index contributed by atoms with van der Waals surface area (Å²) < 4.78 is 40.5. The molecule has 1 aromatic heterocycles. The fourth-order valence-corrected chi connectivity index (χ4v) is 2.64. The number of rotatable bonds is 1. The molecule has 1 aromatic carbocycles. The van der Waals surface area contributed by atoms with Crippen molar-refractivity contribution in [3.05, 3.63) is 34.5 Å². The van der Waals surface area contributed by atoms with Crippen LogP contribution in [0.2, 0.25) is 0 Å². The maximum Gasteiger partial charge on any atom is 0.431 e. The van der Waals surface area contributed by atoms with Crippen molar-refractivity contribution in [3.63, 3.8) is 0 Å². The largest absolute Gasteiger partial charge is 0.431 e. The highest BCUT2D eigenvalue weighted by atomic mass is 19.4. The highest BCUT2D eigenvalue weighted by molar-refractivity contribution is 5.89. The first kappa shape index (κ1) is 13.0. The summed E-state index contributed by atoms with van der Waals surface area (Å²) >= 11 is 0. The lowest BCUT2D eigenvalue weighted by Gasteiger charge is -2.10. The highest BCUT2D eigenvalue weighted by Crippen LogP contribution is 2.38. The van der Waals surface area contributed by atoms with Crippen molar-refractivity contribution in [2.24, 2.45) is 12.8 Å². The van der Waals surface area contributed by atoms with E-state index in [-0.39, 0.29) is 12.1 Å². The number of fused-ring (bicyclic) bond motifs is 1. The van der Waals surface area contributed by atoms with Crippen LogP contribution in [0.5, 0.6) is 0 Å². The lowest BCUT2D eigenvalue weighted by atomic mass is 10.0. The summed E-state index contributed by atoms with van der Waals surface area (Å²) in [6.45, 7) is 3.57. The zero-order chi connectivity index (χ0) is 13.7. The van der Waals surface area contributed by atoms with Crippen molar-refractivity contribution in [2.75, 3.05) is 0 Å². The van der Waals surface area contributed by atoms with Gasteiger partial charge in [-0.15, -0.1) is 0 Å². The lowest BCUT2D eigenvalue weighted by Crippen LogP contribution is -2.15. The Morgan fingerprint density at radius 2 is 1.83 bits per heavy atom. The van der Waals surface area contributed by atoms with Gasteiger partial charge in [-0.2, -0.15) is 13.2 Å². The Morgan fingerprint density at radius 3 is 2.33 bits per heavy atom. The predicted octanol–water partition coefficient (Wildman–Crippen LogP) is 3.27. The van der Waals surface area contributed by atoms with Crippen LogP contribution in [0, 0.1) is 13.8 Å². The van der Waals surface area contributed by atoms with E-state index >= 15 is 0 Å². The summed E-state index contributed by atoms with van der Waals surface area (Å²) in [5.74, 6) is 0. The molecule has 1 heterocycles. The van der Waals surface area contributed by atoms with Crippen molar-refractivity contribution in [2.45, 2.75) is 26.6 Å². The molecule has 0 bridgehead atoms. The third-order valence-corrected chi connectivity index (χ3v) is 3.20. The molecule has 0 aliphatic rings. The highest BCUT2D eigenvalue weighted by Gasteiger charge is 2.38. The topological polar surface area (TPSA) is 30.9 Å². The average molecular weight is 256 g/mol. The summed E-state index contributed by atoms with van der Waals surface area (Å²) in [4.78, 5) is 0. The molecule has 2 rings (SSSR count). The van der Waals surface area contributed by atoms with E-state index in [2.05, 4.69) is 0 Å². The Balaban J connectivity index is 2.97.